The van der Waals surface area contributed by atoms with Crippen LogP contribution in [0, 0.1) is 20.8 Å². The fourth-order valence-electron chi connectivity index (χ4n) is 3.39. The van der Waals surface area contributed by atoms with Crippen molar-refractivity contribution >= 4 is 5.97 Å². The molecule has 0 fully saturated rings. The normalized spacial score (nSPS) is 12.9. The number of benzene rings is 1. The largest absolute Gasteiger partial charge is 0.457 e. The number of nitrogens with zero attached hydrogens (tertiary/aromatic N) is 4. The molecule has 0 radical (unpaired) electrons. The molecule has 7 heteroatoms. The van der Waals surface area contributed by atoms with Crippen molar-refractivity contribution in [3.63, 3.8) is 0 Å². The number of nitrogens with one attached hydrogen (secondary N) is 1. The van der Waals surface area contributed by atoms with Crippen molar-refractivity contribution in [1.82, 2.24) is 24.8 Å². The van der Waals surface area contributed by atoms with Crippen LogP contribution in [0.1, 0.15) is 44.0 Å². The van der Waals surface area contributed by atoms with E-state index in [0.717, 1.165) is 41.0 Å². The fraction of sp³-hybridized carbons (Fsp3) is 0.333. The summed E-state index contributed by atoms with van der Waals surface area (Å²) in [6.45, 7) is 7.95. The van der Waals surface area contributed by atoms with E-state index in [-0.39, 0.29) is 5.97 Å². The molecular weight excluding hydrogens is 354 g/mol. The van der Waals surface area contributed by atoms with Gasteiger partial charge in [0.05, 0.1) is 11.3 Å². The first-order chi connectivity index (χ1) is 13.5. The number of carbonyl (C=O) groups excluding carboxylic acids is 1. The molecule has 144 valence electrons. The molecule has 1 aliphatic heterocycles. The second-order valence-electron chi connectivity index (χ2n) is 7.06. The zero-order valence-electron chi connectivity index (χ0n) is 16.3. The van der Waals surface area contributed by atoms with Gasteiger partial charge in [-0.3, -0.25) is 4.57 Å². The number of aryl methyl sites for hydroxylation is 1. The second kappa shape index (κ2) is 7.52. The maximum atomic E-state index is 11.6. The number of ether oxygens (including phenoxy) is 1. The van der Waals surface area contributed by atoms with Crippen molar-refractivity contribution in [2.45, 2.75) is 40.3 Å². The number of hydrogen-bond acceptors (Lipinski definition) is 6. The highest BCUT2D eigenvalue weighted by atomic mass is 16.5. The summed E-state index contributed by atoms with van der Waals surface area (Å²) in [5, 5.41) is 3.43. The summed E-state index contributed by atoms with van der Waals surface area (Å²) in [7, 11) is 0. The number of rotatable bonds is 6. The van der Waals surface area contributed by atoms with Crippen LogP contribution in [-0.4, -0.2) is 32.0 Å². The van der Waals surface area contributed by atoms with Gasteiger partial charge in [-0.2, -0.15) is 0 Å². The monoisotopic (exact) mass is 377 g/mol. The molecule has 3 heterocycles. The number of carbonyl (C=O) groups is 1. The van der Waals surface area contributed by atoms with Crippen LogP contribution in [0.2, 0.25) is 0 Å². The minimum atomic E-state index is -0.215. The predicted octanol–water partition coefficient (Wildman–Crippen LogP) is 2.59. The maximum absolute atomic E-state index is 11.6. The summed E-state index contributed by atoms with van der Waals surface area (Å²) in [5.41, 5.74) is 7.18. The summed E-state index contributed by atoms with van der Waals surface area (Å²) in [5.74, 6) is 0.416. The molecule has 0 aliphatic carbocycles. The van der Waals surface area contributed by atoms with Gasteiger partial charge < -0.3 is 10.1 Å². The van der Waals surface area contributed by atoms with Crippen molar-refractivity contribution < 1.29 is 9.53 Å². The van der Waals surface area contributed by atoms with Crippen molar-refractivity contribution in [2.75, 3.05) is 6.54 Å². The van der Waals surface area contributed by atoms with E-state index in [1.807, 2.05) is 42.9 Å². The van der Waals surface area contributed by atoms with Gasteiger partial charge in [0.25, 0.3) is 0 Å². The molecule has 0 saturated carbocycles. The van der Waals surface area contributed by atoms with E-state index >= 15 is 0 Å². The standard InChI is InChI=1S/C21H23N5O2/c1-13-17(4-5-18-19(13)11-28-20(18)27)6-7-22-8-16-9-23-21(24-10-16)26-12-25-14(2)15(26)3/h4-5,9-10,12,22H,6-8,11H2,1-3H3. The Balaban J connectivity index is 1.32. The first kappa shape index (κ1) is 18.3. The van der Waals surface area contributed by atoms with Gasteiger partial charge in [-0.1, -0.05) is 6.07 Å². The van der Waals surface area contributed by atoms with Crippen LogP contribution in [0.4, 0.5) is 0 Å². The SMILES string of the molecule is Cc1ncn(-c2ncc(CNCCc3ccc4c(c3C)COC4=O)cn2)c1C. The Hall–Kier alpha value is -3.06. The van der Waals surface area contributed by atoms with Crippen molar-refractivity contribution in [2.24, 2.45) is 0 Å². The minimum Gasteiger partial charge on any atom is -0.457 e. The molecule has 2 aromatic heterocycles. The molecule has 1 aromatic carbocycles. The molecule has 0 atom stereocenters. The minimum absolute atomic E-state index is 0.215. The average molecular weight is 377 g/mol. The third-order valence-corrected chi connectivity index (χ3v) is 5.34. The molecule has 28 heavy (non-hydrogen) atoms. The van der Waals surface area contributed by atoms with Crippen LogP contribution >= 0.6 is 0 Å². The third kappa shape index (κ3) is 3.41. The van der Waals surface area contributed by atoms with E-state index in [2.05, 4.69) is 27.2 Å². The number of hydrogen-bond donors (Lipinski definition) is 1. The Labute approximate surface area is 163 Å². The average Bonchev–Trinajstić information content (AvgIpc) is 3.24. The number of imidazole rings is 1. The lowest BCUT2D eigenvalue weighted by Gasteiger charge is -2.10. The maximum Gasteiger partial charge on any atom is 0.338 e. The smallest absolute Gasteiger partial charge is 0.338 e. The highest BCUT2D eigenvalue weighted by molar-refractivity contribution is 5.93. The van der Waals surface area contributed by atoms with Gasteiger partial charge in [0.1, 0.15) is 12.9 Å². The molecular formula is C21H23N5O2. The molecule has 1 N–H and O–H groups in total. The van der Waals surface area contributed by atoms with E-state index in [0.29, 0.717) is 24.7 Å². The van der Waals surface area contributed by atoms with Gasteiger partial charge in [0.2, 0.25) is 5.95 Å². The van der Waals surface area contributed by atoms with E-state index in [1.54, 1.807) is 6.33 Å². The van der Waals surface area contributed by atoms with Gasteiger partial charge in [-0.15, -0.1) is 0 Å². The highest BCUT2D eigenvalue weighted by Gasteiger charge is 2.23. The van der Waals surface area contributed by atoms with Gasteiger partial charge in [-0.25, -0.2) is 19.7 Å². The van der Waals surface area contributed by atoms with Crippen LogP contribution in [0.3, 0.4) is 0 Å². The Kier molecular flexibility index (Phi) is 4.92. The molecule has 0 amide bonds. The van der Waals surface area contributed by atoms with Crippen LogP contribution in [0.5, 0.6) is 0 Å². The van der Waals surface area contributed by atoms with Crippen molar-refractivity contribution in [3.8, 4) is 5.95 Å². The van der Waals surface area contributed by atoms with E-state index in [4.69, 9.17) is 4.74 Å². The zero-order chi connectivity index (χ0) is 19.7. The molecule has 1 aliphatic rings. The quantitative estimate of drug-likeness (QED) is 0.525. The van der Waals surface area contributed by atoms with E-state index in [1.165, 1.54) is 5.56 Å². The second-order valence-corrected chi connectivity index (χ2v) is 7.06. The predicted molar refractivity (Wildman–Crippen MR) is 104 cm³/mol. The Morgan fingerprint density at radius 3 is 2.64 bits per heavy atom. The molecule has 0 spiro atoms. The summed E-state index contributed by atoms with van der Waals surface area (Å²) in [4.78, 5) is 24.8. The van der Waals surface area contributed by atoms with Gasteiger partial charge in [-0.05, 0) is 50.9 Å². The first-order valence-electron chi connectivity index (χ1n) is 9.35. The summed E-state index contributed by atoms with van der Waals surface area (Å²) >= 11 is 0. The molecule has 0 unspecified atom stereocenters. The van der Waals surface area contributed by atoms with E-state index in [9.17, 15) is 4.79 Å². The van der Waals surface area contributed by atoms with Crippen molar-refractivity contribution in [3.05, 3.63) is 70.1 Å². The Morgan fingerprint density at radius 2 is 1.93 bits per heavy atom. The molecule has 4 rings (SSSR count). The summed E-state index contributed by atoms with van der Waals surface area (Å²) < 4.78 is 7.01. The lowest BCUT2D eigenvalue weighted by atomic mass is 9.97. The summed E-state index contributed by atoms with van der Waals surface area (Å²) in [6.07, 6.45) is 6.32. The van der Waals surface area contributed by atoms with Crippen molar-refractivity contribution in [1.29, 1.82) is 0 Å². The lowest BCUT2D eigenvalue weighted by Crippen LogP contribution is -2.18. The molecule has 0 saturated heterocycles. The number of esters is 1. The zero-order valence-corrected chi connectivity index (χ0v) is 16.3. The van der Waals surface area contributed by atoms with Crippen LogP contribution in [-0.2, 0) is 24.3 Å². The lowest BCUT2D eigenvalue weighted by molar-refractivity contribution is 0.0535. The number of aromatic nitrogens is 4. The Bertz CT molecular complexity index is 1020. The van der Waals surface area contributed by atoms with Crippen LogP contribution < -0.4 is 5.32 Å². The Morgan fingerprint density at radius 1 is 1.14 bits per heavy atom. The molecule has 0 bridgehead atoms. The van der Waals surface area contributed by atoms with Crippen LogP contribution in [0.25, 0.3) is 5.95 Å². The van der Waals surface area contributed by atoms with Crippen LogP contribution in [0.15, 0.2) is 30.9 Å². The number of fused-ring (bicyclic) bond motifs is 1. The third-order valence-electron chi connectivity index (χ3n) is 5.34. The van der Waals surface area contributed by atoms with Gasteiger partial charge >= 0.3 is 5.97 Å². The van der Waals surface area contributed by atoms with Gasteiger partial charge in [0, 0.05) is 35.8 Å². The topological polar surface area (TPSA) is 81.9 Å². The number of cyclic esters (lactones) is 1. The summed E-state index contributed by atoms with van der Waals surface area (Å²) in [6, 6.07) is 3.90. The first-order valence-corrected chi connectivity index (χ1v) is 9.35. The highest BCUT2D eigenvalue weighted by Crippen LogP contribution is 2.26. The molecule has 7 nitrogen and oxygen atoms in total. The molecule has 3 aromatic rings. The van der Waals surface area contributed by atoms with E-state index < -0.39 is 0 Å². The fourth-order valence-corrected chi connectivity index (χ4v) is 3.39. The van der Waals surface area contributed by atoms with Gasteiger partial charge in [0.15, 0.2) is 0 Å².